The molecule has 0 aromatic heterocycles. The molecule has 8 unspecified atom stereocenters. The van der Waals surface area contributed by atoms with Gasteiger partial charge in [-0.3, -0.25) is 19.2 Å². The number of carbonyl (C=O) groups is 4. The maximum Gasteiger partial charge on any atom is 0.320 e. The zero-order valence-corrected chi connectivity index (χ0v) is 15.9. The third-order valence-electron chi connectivity index (χ3n) is 5.71. The lowest BCUT2D eigenvalue weighted by Gasteiger charge is -2.13. The maximum atomic E-state index is 11.4. The molecular formula is C22H32O8. The first-order valence-electron chi connectivity index (χ1n) is 9.44. The average Bonchev–Trinajstić information content (AvgIpc) is 3.39. The molecule has 0 N–H and O–H groups in total. The summed E-state index contributed by atoms with van der Waals surface area (Å²) in [6, 6.07) is 0. The third-order valence-corrected chi connectivity index (χ3v) is 5.71. The predicted octanol–water partition coefficient (Wildman–Crippen LogP) is 2.60. The van der Waals surface area contributed by atoms with Gasteiger partial charge in [-0.05, 0) is 12.8 Å². The Morgan fingerprint density at radius 1 is 0.667 bits per heavy atom. The van der Waals surface area contributed by atoms with Crippen LogP contribution in [0.4, 0.5) is 0 Å². The van der Waals surface area contributed by atoms with Gasteiger partial charge in [0, 0.05) is 0 Å². The van der Waals surface area contributed by atoms with Crippen molar-refractivity contribution in [1.82, 2.24) is 0 Å². The SMILES string of the molecule is C.C.C=CC1OC(C=C)C2C(=O)OC(=O)C12.CCC1OC(CC)C2C(=O)OC(=O)C12. The highest BCUT2D eigenvalue weighted by Crippen LogP contribution is 2.41. The van der Waals surface area contributed by atoms with E-state index in [1.165, 1.54) is 12.2 Å². The molecule has 8 nitrogen and oxygen atoms in total. The fourth-order valence-electron chi connectivity index (χ4n) is 4.35. The van der Waals surface area contributed by atoms with Gasteiger partial charge >= 0.3 is 23.9 Å². The van der Waals surface area contributed by atoms with Crippen LogP contribution in [-0.4, -0.2) is 48.3 Å². The molecule has 0 radical (unpaired) electrons. The van der Waals surface area contributed by atoms with Crippen molar-refractivity contribution in [3.8, 4) is 0 Å². The number of fused-ring (bicyclic) bond motifs is 2. The first-order valence-corrected chi connectivity index (χ1v) is 9.44. The van der Waals surface area contributed by atoms with Crippen LogP contribution in [0.3, 0.4) is 0 Å². The molecule has 0 aromatic carbocycles. The summed E-state index contributed by atoms with van der Waals surface area (Å²) in [7, 11) is 0. The lowest BCUT2D eigenvalue weighted by Crippen LogP contribution is -2.24. The number of esters is 4. The van der Waals surface area contributed by atoms with Crippen LogP contribution in [0.2, 0.25) is 0 Å². The minimum absolute atomic E-state index is 0. The van der Waals surface area contributed by atoms with Crippen molar-refractivity contribution in [3.05, 3.63) is 25.3 Å². The van der Waals surface area contributed by atoms with E-state index in [9.17, 15) is 19.2 Å². The van der Waals surface area contributed by atoms with Crippen LogP contribution in [0.15, 0.2) is 25.3 Å². The smallest absolute Gasteiger partial charge is 0.320 e. The van der Waals surface area contributed by atoms with E-state index in [1.54, 1.807) is 0 Å². The Kier molecular flexibility index (Phi) is 8.68. The second kappa shape index (κ2) is 10.1. The van der Waals surface area contributed by atoms with Crippen molar-refractivity contribution in [1.29, 1.82) is 0 Å². The standard InChI is InChI=1S/C10H14O4.C10H10O4.2CH4/c2*1-3-5-7-8(6(4-2)13-5)10(12)14-9(7)11;;/h5-8H,3-4H2,1-2H3;3-8H,1-2H2;2*1H4. The van der Waals surface area contributed by atoms with Crippen molar-refractivity contribution in [2.24, 2.45) is 23.7 Å². The van der Waals surface area contributed by atoms with Crippen LogP contribution in [0.25, 0.3) is 0 Å². The van der Waals surface area contributed by atoms with Crippen LogP contribution < -0.4 is 0 Å². The van der Waals surface area contributed by atoms with Gasteiger partial charge in [0.25, 0.3) is 0 Å². The van der Waals surface area contributed by atoms with Crippen molar-refractivity contribution >= 4 is 23.9 Å². The van der Waals surface area contributed by atoms with Crippen LogP contribution in [0, 0.1) is 23.7 Å². The van der Waals surface area contributed by atoms with E-state index in [1.807, 2.05) is 13.8 Å². The third kappa shape index (κ3) is 4.11. The van der Waals surface area contributed by atoms with Crippen molar-refractivity contribution in [2.75, 3.05) is 0 Å². The highest BCUT2D eigenvalue weighted by molar-refractivity contribution is 5.98. The topological polar surface area (TPSA) is 105 Å². The fraction of sp³-hybridized carbons (Fsp3) is 0.636. The Labute approximate surface area is 177 Å². The lowest BCUT2D eigenvalue weighted by molar-refractivity contribution is -0.159. The van der Waals surface area contributed by atoms with Gasteiger partial charge in [-0.1, -0.05) is 40.9 Å². The Bertz CT molecular complexity index is 658. The molecule has 8 atom stereocenters. The summed E-state index contributed by atoms with van der Waals surface area (Å²) >= 11 is 0. The van der Waals surface area contributed by atoms with Crippen LogP contribution in [-0.2, 0) is 38.1 Å². The van der Waals surface area contributed by atoms with E-state index >= 15 is 0 Å². The van der Waals surface area contributed by atoms with Crippen LogP contribution in [0.1, 0.15) is 41.5 Å². The summed E-state index contributed by atoms with van der Waals surface area (Å²) in [5.74, 6) is -3.62. The molecule has 4 fully saturated rings. The van der Waals surface area contributed by atoms with Gasteiger partial charge in [-0.25, -0.2) is 0 Å². The molecule has 0 bridgehead atoms. The molecular weight excluding hydrogens is 392 g/mol. The molecule has 0 spiro atoms. The number of cyclic esters (lactones) is 4. The Morgan fingerprint density at radius 3 is 1.30 bits per heavy atom. The van der Waals surface area contributed by atoms with E-state index < -0.39 is 47.9 Å². The highest BCUT2D eigenvalue weighted by atomic mass is 16.6. The lowest BCUT2D eigenvalue weighted by atomic mass is 9.88. The fourth-order valence-corrected chi connectivity index (χ4v) is 4.35. The summed E-state index contributed by atoms with van der Waals surface area (Å²) in [5, 5.41) is 0. The second-order valence-corrected chi connectivity index (χ2v) is 7.15. The zero-order valence-electron chi connectivity index (χ0n) is 15.9. The summed E-state index contributed by atoms with van der Waals surface area (Å²) in [5.41, 5.74) is 0. The van der Waals surface area contributed by atoms with Gasteiger partial charge in [0.05, 0.1) is 36.3 Å². The quantitative estimate of drug-likeness (QED) is 0.385. The monoisotopic (exact) mass is 424 g/mol. The molecule has 4 aliphatic rings. The van der Waals surface area contributed by atoms with Crippen molar-refractivity contribution < 1.29 is 38.1 Å². The normalized spacial score (nSPS) is 38.2. The molecule has 4 heterocycles. The van der Waals surface area contributed by atoms with Gasteiger partial charge < -0.3 is 18.9 Å². The van der Waals surface area contributed by atoms with Crippen molar-refractivity contribution in [2.45, 2.75) is 66.0 Å². The number of hydrogen-bond donors (Lipinski definition) is 0. The number of hydrogen-bond acceptors (Lipinski definition) is 8. The Morgan fingerprint density at radius 2 is 1.00 bits per heavy atom. The van der Waals surface area contributed by atoms with Gasteiger partial charge in [-0.2, -0.15) is 0 Å². The van der Waals surface area contributed by atoms with E-state index in [2.05, 4.69) is 22.6 Å². The van der Waals surface area contributed by atoms with Gasteiger partial charge in [0.2, 0.25) is 0 Å². The Balaban J connectivity index is 0.000000281. The molecule has 0 aliphatic carbocycles. The van der Waals surface area contributed by atoms with Gasteiger partial charge in [-0.15, -0.1) is 13.2 Å². The molecule has 0 saturated carbocycles. The minimum atomic E-state index is -0.539. The number of ether oxygens (including phenoxy) is 4. The number of carbonyl (C=O) groups excluding carboxylic acids is 4. The summed E-state index contributed by atoms with van der Waals surface area (Å²) in [6.45, 7) is 11.0. The molecule has 30 heavy (non-hydrogen) atoms. The number of rotatable bonds is 4. The summed E-state index contributed by atoms with van der Waals surface area (Å²) < 4.78 is 20.2. The molecule has 0 amide bonds. The molecule has 4 rings (SSSR count). The first kappa shape index (κ1) is 25.7. The average molecular weight is 424 g/mol. The van der Waals surface area contributed by atoms with E-state index in [4.69, 9.17) is 9.47 Å². The van der Waals surface area contributed by atoms with E-state index in [-0.39, 0.29) is 38.9 Å². The summed E-state index contributed by atoms with van der Waals surface area (Å²) in [6.07, 6.45) is 3.37. The predicted molar refractivity (Wildman–Crippen MR) is 108 cm³/mol. The molecule has 4 aliphatic heterocycles. The molecule has 0 aromatic rings. The molecule has 168 valence electrons. The maximum absolute atomic E-state index is 11.4. The Hall–Kier alpha value is -2.32. The van der Waals surface area contributed by atoms with Gasteiger partial charge in [0.1, 0.15) is 11.8 Å². The highest BCUT2D eigenvalue weighted by Gasteiger charge is 2.58. The zero-order chi connectivity index (χ0) is 20.6. The van der Waals surface area contributed by atoms with Gasteiger partial charge in [0.15, 0.2) is 0 Å². The molecule has 4 saturated heterocycles. The van der Waals surface area contributed by atoms with Crippen LogP contribution in [0.5, 0.6) is 0 Å². The molecule has 8 heteroatoms. The van der Waals surface area contributed by atoms with E-state index in [0.29, 0.717) is 0 Å². The van der Waals surface area contributed by atoms with E-state index in [0.717, 1.165) is 12.8 Å². The van der Waals surface area contributed by atoms with Crippen molar-refractivity contribution in [3.63, 3.8) is 0 Å². The first-order chi connectivity index (χ1) is 13.4. The summed E-state index contributed by atoms with van der Waals surface area (Å²) in [4.78, 5) is 45.3. The largest absolute Gasteiger partial charge is 0.393 e. The second-order valence-electron chi connectivity index (χ2n) is 7.15. The minimum Gasteiger partial charge on any atom is -0.393 e. The van der Waals surface area contributed by atoms with Crippen LogP contribution >= 0.6 is 0 Å².